The first-order valence-corrected chi connectivity index (χ1v) is 6.92. The van der Waals surface area contributed by atoms with Crippen molar-refractivity contribution in [1.29, 1.82) is 0 Å². The van der Waals surface area contributed by atoms with Gasteiger partial charge in [0.15, 0.2) is 0 Å². The van der Waals surface area contributed by atoms with Crippen molar-refractivity contribution in [3.8, 4) is 11.5 Å². The number of rotatable bonds is 6. The molecule has 5 heteroatoms. The lowest BCUT2D eigenvalue weighted by molar-refractivity contribution is -0.118. The minimum absolute atomic E-state index is 0.0842. The number of nitrogens with one attached hydrogen (secondary N) is 1. The number of para-hydroxylation sites is 2. The first-order valence-electron chi connectivity index (χ1n) is 6.92. The van der Waals surface area contributed by atoms with Gasteiger partial charge in [0.25, 0.3) is 5.91 Å². The van der Waals surface area contributed by atoms with E-state index in [4.69, 9.17) is 0 Å². The Hall–Kier alpha value is -2.82. The second-order valence-corrected chi connectivity index (χ2v) is 4.87. The van der Waals surface area contributed by atoms with E-state index in [9.17, 15) is 19.8 Å². The van der Waals surface area contributed by atoms with Crippen LogP contribution in [-0.4, -0.2) is 28.4 Å². The van der Waals surface area contributed by atoms with E-state index in [2.05, 4.69) is 5.32 Å². The largest absolute Gasteiger partial charge is 0.508 e. The lowest BCUT2D eigenvalue weighted by atomic mass is 10.1. The van der Waals surface area contributed by atoms with Crippen molar-refractivity contribution in [2.24, 2.45) is 0 Å². The number of benzene rings is 2. The number of carbonyl (C=O) groups is 2. The SMILES string of the molecule is O=C(CCNC(=O)c1ccccc1O)Cc1ccccc1O. The van der Waals surface area contributed by atoms with E-state index in [0.29, 0.717) is 5.56 Å². The Bertz CT molecular complexity index is 682. The van der Waals surface area contributed by atoms with Crippen molar-refractivity contribution in [1.82, 2.24) is 5.32 Å². The molecule has 0 atom stereocenters. The number of ketones is 1. The van der Waals surface area contributed by atoms with Crippen LogP contribution >= 0.6 is 0 Å². The summed E-state index contributed by atoms with van der Waals surface area (Å²) in [6.07, 6.45) is 0.285. The molecular weight excluding hydrogens is 282 g/mol. The predicted molar refractivity (Wildman–Crippen MR) is 81.9 cm³/mol. The molecule has 2 rings (SSSR count). The number of carbonyl (C=O) groups excluding carboxylic acids is 2. The van der Waals surface area contributed by atoms with E-state index in [1.165, 1.54) is 18.2 Å². The molecule has 0 unspecified atom stereocenters. The topological polar surface area (TPSA) is 86.6 Å². The molecule has 0 saturated carbocycles. The van der Waals surface area contributed by atoms with Gasteiger partial charge in [0.2, 0.25) is 0 Å². The zero-order valence-electron chi connectivity index (χ0n) is 12.0. The molecule has 0 aliphatic heterocycles. The number of amides is 1. The maximum atomic E-state index is 11.8. The highest BCUT2D eigenvalue weighted by molar-refractivity contribution is 5.97. The van der Waals surface area contributed by atoms with Gasteiger partial charge < -0.3 is 15.5 Å². The average Bonchev–Trinajstić information content (AvgIpc) is 2.50. The van der Waals surface area contributed by atoms with Gasteiger partial charge >= 0.3 is 0 Å². The van der Waals surface area contributed by atoms with Gasteiger partial charge in [-0.25, -0.2) is 0 Å². The number of hydrogen-bond acceptors (Lipinski definition) is 4. The van der Waals surface area contributed by atoms with Crippen LogP contribution in [0, 0.1) is 0 Å². The predicted octanol–water partition coefficient (Wildman–Crippen LogP) is 2.03. The minimum Gasteiger partial charge on any atom is -0.508 e. The summed E-state index contributed by atoms with van der Waals surface area (Å²) in [5, 5.41) is 21.8. The monoisotopic (exact) mass is 299 g/mol. The number of aromatic hydroxyl groups is 2. The smallest absolute Gasteiger partial charge is 0.255 e. The molecule has 22 heavy (non-hydrogen) atoms. The molecule has 0 spiro atoms. The number of phenols is 2. The van der Waals surface area contributed by atoms with Crippen LogP contribution in [0.15, 0.2) is 48.5 Å². The standard InChI is InChI=1S/C17H17NO4/c19-13(11-12-5-1-3-7-15(12)20)9-10-18-17(22)14-6-2-4-8-16(14)21/h1-8,20-21H,9-11H2,(H,18,22). The third kappa shape index (κ3) is 4.09. The molecule has 2 aromatic rings. The molecule has 0 fully saturated rings. The molecule has 0 bridgehead atoms. The van der Waals surface area contributed by atoms with E-state index in [1.54, 1.807) is 30.3 Å². The normalized spacial score (nSPS) is 10.2. The van der Waals surface area contributed by atoms with Crippen LogP contribution in [-0.2, 0) is 11.2 Å². The van der Waals surface area contributed by atoms with Crippen LogP contribution in [0.2, 0.25) is 0 Å². The average molecular weight is 299 g/mol. The molecular formula is C17H17NO4. The van der Waals surface area contributed by atoms with Crippen LogP contribution in [0.5, 0.6) is 11.5 Å². The summed E-state index contributed by atoms with van der Waals surface area (Å²) in [7, 11) is 0. The van der Waals surface area contributed by atoms with Crippen LogP contribution in [0.4, 0.5) is 0 Å². The zero-order valence-corrected chi connectivity index (χ0v) is 12.0. The van der Waals surface area contributed by atoms with E-state index in [1.807, 2.05) is 0 Å². The highest BCUT2D eigenvalue weighted by Gasteiger charge is 2.11. The Morgan fingerprint density at radius 3 is 2.23 bits per heavy atom. The van der Waals surface area contributed by atoms with Crippen molar-refractivity contribution in [3.05, 3.63) is 59.7 Å². The Morgan fingerprint density at radius 2 is 1.55 bits per heavy atom. The summed E-state index contributed by atoms with van der Waals surface area (Å²) in [5.74, 6) is -0.512. The van der Waals surface area contributed by atoms with Gasteiger partial charge in [0.1, 0.15) is 17.3 Å². The van der Waals surface area contributed by atoms with Crippen LogP contribution in [0.25, 0.3) is 0 Å². The van der Waals surface area contributed by atoms with Crippen molar-refractivity contribution in [2.45, 2.75) is 12.8 Å². The lowest BCUT2D eigenvalue weighted by Crippen LogP contribution is -2.26. The molecule has 2 aromatic carbocycles. The molecule has 0 aliphatic rings. The quantitative estimate of drug-likeness (QED) is 0.761. The maximum Gasteiger partial charge on any atom is 0.255 e. The van der Waals surface area contributed by atoms with Crippen molar-refractivity contribution >= 4 is 11.7 Å². The highest BCUT2D eigenvalue weighted by Crippen LogP contribution is 2.17. The third-order valence-corrected chi connectivity index (χ3v) is 3.22. The second-order valence-electron chi connectivity index (χ2n) is 4.87. The first kappa shape index (κ1) is 15.6. The second kappa shape index (κ2) is 7.26. The van der Waals surface area contributed by atoms with Gasteiger partial charge in [-0.2, -0.15) is 0 Å². The Balaban J connectivity index is 1.81. The van der Waals surface area contributed by atoms with Gasteiger partial charge in [-0.15, -0.1) is 0 Å². The van der Waals surface area contributed by atoms with E-state index in [-0.39, 0.29) is 42.2 Å². The molecule has 0 aromatic heterocycles. The molecule has 5 nitrogen and oxygen atoms in total. The number of hydrogen-bond donors (Lipinski definition) is 3. The fraction of sp³-hybridized carbons (Fsp3) is 0.176. The summed E-state index contributed by atoms with van der Waals surface area (Å²) in [4.78, 5) is 23.7. The maximum absolute atomic E-state index is 11.8. The van der Waals surface area contributed by atoms with Gasteiger partial charge in [-0.3, -0.25) is 9.59 Å². The van der Waals surface area contributed by atoms with Gasteiger partial charge in [0, 0.05) is 24.9 Å². The Morgan fingerprint density at radius 1 is 0.909 bits per heavy atom. The molecule has 3 N–H and O–H groups in total. The molecule has 0 heterocycles. The lowest BCUT2D eigenvalue weighted by Gasteiger charge is -2.07. The number of phenolic OH excluding ortho intramolecular Hbond substituents is 2. The molecule has 0 radical (unpaired) electrons. The van der Waals surface area contributed by atoms with Crippen molar-refractivity contribution in [2.75, 3.05) is 6.54 Å². The van der Waals surface area contributed by atoms with Gasteiger partial charge in [0.05, 0.1) is 5.56 Å². The van der Waals surface area contributed by atoms with Gasteiger partial charge in [-0.1, -0.05) is 30.3 Å². The van der Waals surface area contributed by atoms with E-state index >= 15 is 0 Å². The highest BCUT2D eigenvalue weighted by atomic mass is 16.3. The van der Waals surface area contributed by atoms with E-state index in [0.717, 1.165) is 0 Å². The van der Waals surface area contributed by atoms with Crippen LogP contribution in [0.3, 0.4) is 0 Å². The van der Waals surface area contributed by atoms with Crippen LogP contribution in [0.1, 0.15) is 22.3 Å². The van der Waals surface area contributed by atoms with E-state index < -0.39 is 5.91 Å². The molecule has 0 saturated heterocycles. The Kier molecular flexibility index (Phi) is 5.14. The summed E-state index contributed by atoms with van der Waals surface area (Å²) in [6.45, 7) is 0.180. The summed E-state index contributed by atoms with van der Waals surface area (Å²) in [6, 6.07) is 12.9. The number of Topliss-reactive ketones (excluding diaryl/α,β-unsaturated/α-hetero) is 1. The molecule has 114 valence electrons. The fourth-order valence-corrected chi connectivity index (χ4v) is 2.04. The summed E-state index contributed by atoms with van der Waals surface area (Å²) >= 11 is 0. The van der Waals surface area contributed by atoms with Gasteiger partial charge in [-0.05, 0) is 18.2 Å². The zero-order chi connectivity index (χ0) is 15.9. The summed E-state index contributed by atoms with van der Waals surface area (Å²) < 4.78 is 0. The third-order valence-electron chi connectivity index (χ3n) is 3.22. The van der Waals surface area contributed by atoms with Crippen molar-refractivity contribution < 1.29 is 19.8 Å². The molecule has 1 amide bonds. The first-order chi connectivity index (χ1) is 10.6. The molecule has 0 aliphatic carbocycles. The minimum atomic E-state index is -0.423. The summed E-state index contributed by atoms with van der Waals surface area (Å²) in [5.41, 5.74) is 0.746. The fourth-order valence-electron chi connectivity index (χ4n) is 2.04. The van der Waals surface area contributed by atoms with Crippen LogP contribution < -0.4 is 5.32 Å². The van der Waals surface area contributed by atoms with Crippen molar-refractivity contribution in [3.63, 3.8) is 0 Å². The Labute approximate surface area is 128 Å².